The zero-order valence-corrected chi connectivity index (χ0v) is 13.0. The standard InChI is InChI=1S/C13H24O4Si/c1-6-9-11(17-18(3,4)5)8-7-10(14)12(9)13(15)16-2/h9,11-12H,6-8H2,1-5H3. The van der Waals surface area contributed by atoms with Crippen LogP contribution in [0.25, 0.3) is 0 Å². The molecule has 0 bridgehead atoms. The van der Waals surface area contributed by atoms with Gasteiger partial charge in [-0.3, -0.25) is 9.59 Å². The highest BCUT2D eigenvalue weighted by atomic mass is 28.4. The first-order valence-electron chi connectivity index (χ1n) is 6.58. The highest BCUT2D eigenvalue weighted by Gasteiger charge is 2.44. The van der Waals surface area contributed by atoms with Crippen LogP contribution in [-0.2, 0) is 18.8 Å². The number of ether oxygens (including phenoxy) is 1. The number of methoxy groups -OCH3 is 1. The van der Waals surface area contributed by atoms with Crippen LogP contribution in [0, 0.1) is 11.8 Å². The normalized spacial score (nSPS) is 29.2. The Balaban J connectivity index is 2.89. The number of Topliss-reactive ketones (excluding diaryl/α,β-unsaturated/α-hetero) is 1. The molecule has 18 heavy (non-hydrogen) atoms. The van der Waals surface area contributed by atoms with Gasteiger partial charge in [-0.25, -0.2) is 0 Å². The fourth-order valence-corrected chi connectivity index (χ4v) is 3.84. The van der Waals surface area contributed by atoms with Gasteiger partial charge in [0.25, 0.3) is 0 Å². The van der Waals surface area contributed by atoms with Crippen LogP contribution in [0.2, 0.25) is 19.6 Å². The molecule has 0 aromatic carbocycles. The van der Waals surface area contributed by atoms with Crippen molar-refractivity contribution >= 4 is 20.1 Å². The fraction of sp³-hybridized carbons (Fsp3) is 0.846. The van der Waals surface area contributed by atoms with E-state index in [1.807, 2.05) is 6.92 Å². The summed E-state index contributed by atoms with van der Waals surface area (Å²) in [5, 5.41) is 0. The SMILES string of the molecule is CCC1C(O[Si](C)(C)C)CCC(=O)C1C(=O)OC. The van der Waals surface area contributed by atoms with E-state index in [1.165, 1.54) is 7.11 Å². The monoisotopic (exact) mass is 272 g/mol. The smallest absolute Gasteiger partial charge is 0.316 e. The molecule has 0 aliphatic heterocycles. The van der Waals surface area contributed by atoms with Gasteiger partial charge in [0.15, 0.2) is 8.32 Å². The lowest BCUT2D eigenvalue weighted by atomic mass is 9.75. The van der Waals surface area contributed by atoms with Crippen LogP contribution in [0.1, 0.15) is 26.2 Å². The minimum atomic E-state index is -1.66. The zero-order valence-electron chi connectivity index (χ0n) is 12.0. The summed E-state index contributed by atoms with van der Waals surface area (Å²) in [6, 6.07) is 0. The third-order valence-corrected chi connectivity index (χ3v) is 4.37. The lowest BCUT2D eigenvalue weighted by Gasteiger charge is -2.38. The first kappa shape index (κ1) is 15.4. The Hall–Kier alpha value is -0.683. The average Bonchev–Trinajstić information content (AvgIpc) is 2.28. The van der Waals surface area contributed by atoms with Gasteiger partial charge in [0.05, 0.1) is 7.11 Å². The second-order valence-corrected chi connectivity index (χ2v) is 10.3. The molecule has 1 rings (SSSR count). The topological polar surface area (TPSA) is 52.6 Å². The van der Waals surface area contributed by atoms with E-state index in [9.17, 15) is 9.59 Å². The molecule has 1 saturated carbocycles. The van der Waals surface area contributed by atoms with Crippen molar-refractivity contribution in [3.05, 3.63) is 0 Å². The van der Waals surface area contributed by atoms with Crippen molar-refractivity contribution in [2.24, 2.45) is 11.8 Å². The first-order valence-corrected chi connectivity index (χ1v) is 9.99. The third-order valence-electron chi connectivity index (χ3n) is 3.36. The van der Waals surface area contributed by atoms with E-state index >= 15 is 0 Å². The van der Waals surface area contributed by atoms with Gasteiger partial charge in [0, 0.05) is 18.4 Å². The number of hydrogen-bond acceptors (Lipinski definition) is 4. The van der Waals surface area contributed by atoms with Gasteiger partial charge in [-0.15, -0.1) is 0 Å². The van der Waals surface area contributed by atoms with E-state index in [0.717, 1.165) is 12.8 Å². The van der Waals surface area contributed by atoms with Crippen molar-refractivity contribution in [3.8, 4) is 0 Å². The van der Waals surface area contributed by atoms with Gasteiger partial charge in [-0.1, -0.05) is 6.92 Å². The number of rotatable bonds is 4. The van der Waals surface area contributed by atoms with Gasteiger partial charge in [-0.2, -0.15) is 0 Å². The minimum absolute atomic E-state index is 0.00382. The summed E-state index contributed by atoms with van der Waals surface area (Å²) in [6.07, 6.45) is 1.93. The molecule has 3 unspecified atom stereocenters. The minimum Gasteiger partial charge on any atom is -0.468 e. The lowest BCUT2D eigenvalue weighted by molar-refractivity contribution is -0.156. The van der Waals surface area contributed by atoms with Gasteiger partial charge in [0.1, 0.15) is 11.7 Å². The van der Waals surface area contributed by atoms with Crippen LogP contribution in [0.4, 0.5) is 0 Å². The molecule has 0 amide bonds. The van der Waals surface area contributed by atoms with Crippen LogP contribution in [0.3, 0.4) is 0 Å². The maximum absolute atomic E-state index is 11.9. The van der Waals surface area contributed by atoms with Crippen LogP contribution < -0.4 is 0 Å². The number of carbonyl (C=O) groups excluding carboxylic acids is 2. The molecule has 4 nitrogen and oxygen atoms in total. The Bertz CT molecular complexity index is 313. The van der Waals surface area contributed by atoms with Gasteiger partial charge < -0.3 is 9.16 Å². The Morgan fingerprint density at radius 2 is 2.00 bits per heavy atom. The molecule has 0 spiro atoms. The van der Waals surface area contributed by atoms with Gasteiger partial charge in [-0.05, 0) is 32.5 Å². The summed E-state index contributed by atoms with van der Waals surface area (Å²) in [4.78, 5) is 23.7. The quantitative estimate of drug-likeness (QED) is 0.448. The molecule has 1 fully saturated rings. The largest absolute Gasteiger partial charge is 0.468 e. The molecule has 104 valence electrons. The molecule has 0 aromatic rings. The van der Waals surface area contributed by atoms with Crippen molar-refractivity contribution < 1.29 is 18.8 Å². The van der Waals surface area contributed by atoms with E-state index in [1.54, 1.807) is 0 Å². The molecule has 0 saturated heterocycles. The Morgan fingerprint density at radius 1 is 1.39 bits per heavy atom. The van der Waals surface area contributed by atoms with Crippen molar-refractivity contribution in [1.29, 1.82) is 0 Å². The third kappa shape index (κ3) is 3.65. The summed E-state index contributed by atoms with van der Waals surface area (Å²) in [7, 11) is -0.324. The first-order chi connectivity index (χ1) is 8.30. The fourth-order valence-electron chi connectivity index (χ4n) is 2.64. The van der Waals surface area contributed by atoms with E-state index in [2.05, 4.69) is 19.6 Å². The molecule has 5 heteroatoms. The Kier molecular flexibility index (Phi) is 5.10. The average molecular weight is 272 g/mol. The molecule has 0 heterocycles. The summed E-state index contributed by atoms with van der Waals surface area (Å²) in [5.41, 5.74) is 0. The number of carbonyl (C=O) groups is 2. The Morgan fingerprint density at radius 3 is 2.44 bits per heavy atom. The Labute approximate surface area is 110 Å². The summed E-state index contributed by atoms with van der Waals surface area (Å²) >= 11 is 0. The molecule has 3 atom stereocenters. The predicted molar refractivity (Wildman–Crippen MR) is 71.7 cm³/mol. The number of ketones is 1. The van der Waals surface area contributed by atoms with E-state index in [4.69, 9.17) is 9.16 Å². The van der Waals surface area contributed by atoms with Crippen LogP contribution in [0.5, 0.6) is 0 Å². The second-order valence-electron chi connectivity index (χ2n) is 5.85. The molecular formula is C13H24O4Si. The molecule has 1 aliphatic carbocycles. The molecule has 0 aromatic heterocycles. The molecule has 0 radical (unpaired) electrons. The van der Waals surface area contributed by atoms with Crippen molar-refractivity contribution in [1.82, 2.24) is 0 Å². The van der Waals surface area contributed by atoms with Crippen LogP contribution in [-0.4, -0.2) is 33.3 Å². The van der Waals surface area contributed by atoms with Crippen molar-refractivity contribution in [2.75, 3.05) is 7.11 Å². The lowest BCUT2D eigenvalue weighted by Crippen LogP contribution is -2.47. The molecule has 1 aliphatic rings. The highest BCUT2D eigenvalue weighted by molar-refractivity contribution is 6.69. The predicted octanol–water partition coefficient (Wildman–Crippen LogP) is 2.38. The maximum Gasteiger partial charge on any atom is 0.316 e. The van der Waals surface area contributed by atoms with Crippen molar-refractivity contribution in [2.45, 2.75) is 51.9 Å². The van der Waals surface area contributed by atoms with Crippen LogP contribution in [0.15, 0.2) is 0 Å². The zero-order chi connectivity index (χ0) is 13.9. The van der Waals surface area contributed by atoms with Gasteiger partial charge >= 0.3 is 5.97 Å². The van der Waals surface area contributed by atoms with E-state index in [0.29, 0.717) is 6.42 Å². The molecular weight excluding hydrogens is 248 g/mol. The summed E-state index contributed by atoms with van der Waals surface area (Å²) < 4.78 is 10.9. The number of hydrogen-bond donors (Lipinski definition) is 0. The number of esters is 1. The highest BCUT2D eigenvalue weighted by Crippen LogP contribution is 2.34. The maximum atomic E-state index is 11.9. The second kappa shape index (κ2) is 5.97. The van der Waals surface area contributed by atoms with E-state index < -0.39 is 20.2 Å². The van der Waals surface area contributed by atoms with Crippen molar-refractivity contribution in [3.63, 3.8) is 0 Å². The summed E-state index contributed by atoms with van der Waals surface area (Å²) in [5.74, 6) is -1.07. The molecule has 0 N–H and O–H groups in total. The summed E-state index contributed by atoms with van der Waals surface area (Å²) in [6.45, 7) is 8.38. The van der Waals surface area contributed by atoms with E-state index in [-0.39, 0.29) is 17.8 Å². The van der Waals surface area contributed by atoms with Gasteiger partial charge in [0.2, 0.25) is 0 Å². The van der Waals surface area contributed by atoms with Crippen LogP contribution >= 0.6 is 0 Å².